The Labute approximate surface area is 222 Å². The lowest BCUT2D eigenvalue weighted by molar-refractivity contribution is -0.149. The topological polar surface area (TPSA) is 88.1 Å². The highest BCUT2D eigenvalue weighted by Crippen LogP contribution is 2.18. The number of carboxylic acid groups (broad SMARTS) is 1. The van der Waals surface area contributed by atoms with Crippen LogP contribution >= 0.6 is 0 Å². The first kappa shape index (κ1) is 30.2. The monoisotopic (exact) mass is 512 g/mol. The van der Waals surface area contributed by atoms with Crippen molar-refractivity contribution < 1.29 is 24.2 Å². The second-order valence-electron chi connectivity index (χ2n) is 9.59. The van der Waals surface area contributed by atoms with Crippen molar-refractivity contribution in [3.63, 3.8) is 0 Å². The quantitative estimate of drug-likeness (QED) is 0.230. The number of carbonyl (C=O) groups is 2. The number of amides is 2. The third-order valence-corrected chi connectivity index (χ3v) is 6.27. The maximum atomic E-state index is 13.0. The first-order valence-corrected chi connectivity index (χ1v) is 13.6. The molecule has 7 heteroatoms. The van der Waals surface area contributed by atoms with Crippen molar-refractivity contribution in [3.8, 4) is 5.75 Å². The number of nitrogens with zero attached hydrogens (tertiary/aromatic N) is 1. The molecule has 2 N–H and O–H groups in total. The van der Waals surface area contributed by atoms with Gasteiger partial charge in [0.2, 0.25) is 0 Å². The molecule has 0 spiro atoms. The molecule has 0 aromatic heterocycles. The molecule has 1 atom stereocenters. The highest BCUT2D eigenvalue weighted by atomic mass is 16.5. The molecule has 0 radical (unpaired) electrons. The predicted molar refractivity (Wildman–Crippen MR) is 149 cm³/mol. The molecule has 2 rings (SSSR count). The molecule has 37 heavy (non-hydrogen) atoms. The summed E-state index contributed by atoms with van der Waals surface area (Å²) in [7, 11) is 0. The summed E-state index contributed by atoms with van der Waals surface area (Å²) in [5, 5.41) is 12.3. The Kier molecular flexibility index (Phi) is 13.6. The van der Waals surface area contributed by atoms with Crippen LogP contribution in [0.5, 0.6) is 5.75 Å². The molecule has 2 aromatic carbocycles. The first-order valence-electron chi connectivity index (χ1n) is 13.6. The number of rotatable bonds is 17. The Morgan fingerprint density at radius 3 is 2.19 bits per heavy atom. The molecule has 0 fully saturated rings. The number of hydrogen-bond donors (Lipinski definition) is 2. The van der Waals surface area contributed by atoms with Crippen LogP contribution in [0.25, 0.3) is 0 Å². The molecule has 0 saturated carbocycles. The van der Waals surface area contributed by atoms with Crippen molar-refractivity contribution in [2.24, 2.45) is 0 Å². The normalized spacial score (nSPS) is 11.8. The van der Waals surface area contributed by atoms with E-state index in [4.69, 9.17) is 9.47 Å². The van der Waals surface area contributed by atoms with Gasteiger partial charge in [0.05, 0.1) is 6.54 Å². The molecule has 2 amide bonds. The number of carboxylic acids is 1. The van der Waals surface area contributed by atoms with Gasteiger partial charge in [-0.05, 0) is 54.7 Å². The van der Waals surface area contributed by atoms with Crippen LogP contribution in [0.4, 0.5) is 10.5 Å². The number of ether oxygens (including phenoxy) is 2. The standard InChI is InChI=1S/C30H44N2O5/c1-5-7-8-9-10-19-32(30(35)31-26-15-13-25(14-16-26)23(3)4)20-21-37-27-17-11-24(12-18-27)22-28(29(33)34)36-6-2/h11-18,23,28H,5-10,19-22H2,1-4H3,(H,31,35)(H,33,34). The Hall–Kier alpha value is -3.06. The van der Waals surface area contributed by atoms with Gasteiger partial charge in [0.1, 0.15) is 12.4 Å². The second kappa shape index (κ2) is 16.6. The lowest BCUT2D eigenvalue weighted by atomic mass is 10.0. The summed E-state index contributed by atoms with van der Waals surface area (Å²) >= 11 is 0. The van der Waals surface area contributed by atoms with Crippen LogP contribution < -0.4 is 10.1 Å². The zero-order valence-corrected chi connectivity index (χ0v) is 22.9. The van der Waals surface area contributed by atoms with Gasteiger partial charge in [-0.2, -0.15) is 0 Å². The van der Waals surface area contributed by atoms with Crippen LogP contribution in [0.15, 0.2) is 48.5 Å². The van der Waals surface area contributed by atoms with Gasteiger partial charge in [-0.25, -0.2) is 9.59 Å². The van der Waals surface area contributed by atoms with Gasteiger partial charge in [-0.1, -0.05) is 70.7 Å². The summed E-state index contributed by atoms with van der Waals surface area (Å²) in [4.78, 5) is 26.2. The summed E-state index contributed by atoms with van der Waals surface area (Å²) in [6.07, 6.45) is 5.08. The number of anilines is 1. The second-order valence-corrected chi connectivity index (χ2v) is 9.59. The fourth-order valence-corrected chi connectivity index (χ4v) is 4.00. The van der Waals surface area contributed by atoms with Crippen molar-refractivity contribution in [1.29, 1.82) is 0 Å². The average Bonchev–Trinajstić information content (AvgIpc) is 2.88. The van der Waals surface area contributed by atoms with E-state index in [2.05, 4.69) is 38.2 Å². The van der Waals surface area contributed by atoms with Gasteiger partial charge < -0.3 is 24.8 Å². The number of hydrogen-bond acceptors (Lipinski definition) is 4. The van der Waals surface area contributed by atoms with E-state index in [0.717, 1.165) is 24.1 Å². The molecule has 0 heterocycles. The fourth-order valence-electron chi connectivity index (χ4n) is 4.00. The van der Waals surface area contributed by atoms with Crippen molar-refractivity contribution in [3.05, 3.63) is 59.7 Å². The summed E-state index contributed by atoms with van der Waals surface area (Å²) < 4.78 is 11.2. The lowest BCUT2D eigenvalue weighted by Gasteiger charge is -2.23. The zero-order chi connectivity index (χ0) is 27.0. The minimum absolute atomic E-state index is 0.123. The van der Waals surface area contributed by atoms with E-state index in [9.17, 15) is 14.7 Å². The Morgan fingerprint density at radius 1 is 0.919 bits per heavy atom. The Bertz CT molecular complexity index is 928. The molecule has 2 aromatic rings. The van der Waals surface area contributed by atoms with Gasteiger partial charge in [0.15, 0.2) is 6.10 Å². The number of aliphatic carboxylic acids is 1. The lowest BCUT2D eigenvalue weighted by Crippen LogP contribution is -2.38. The number of benzene rings is 2. The van der Waals surface area contributed by atoms with Gasteiger partial charge in [-0.15, -0.1) is 0 Å². The number of carbonyl (C=O) groups excluding carboxylic acids is 1. The van der Waals surface area contributed by atoms with Gasteiger partial charge in [0, 0.05) is 25.3 Å². The maximum Gasteiger partial charge on any atom is 0.333 e. The highest BCUT2D eigenvalue weighted by Gasteiger charge is 2.18. The molecule has 0 aliphatic heterocycles. The summed E-state index contributed by atoms with van der Waals surface area (Å²) in [6.45, 7) is 10.1. The minimum Gasteiger partial charge on any atom is -0.492 e. The van der Waals surface area contributed by atoms with Crippen molar-refractivity contribution in [1.82, 2.24) is 4.90 Å². The molecule has 0 aliphatic rings. The number of nitrogens with one attached hydrogen (secondary N) is 1. The molecule has 1 unspecified atom stereocenters. The van der Waals surface area contributed by atoms with E-state index in [1.165, 1.54) is 24.8 Å². The highest BCUT2D eigenvalue weighted by molar-refractivity contribution is 5.89. The van der Waals surface area contributed by atoms with Crippen molar-refractivity contribution in [2.75, 3.05) is 31.6 Å². The van der Waals surface area contributed by atoms with Crippen LogP contribution in [0, 0.1) is 0 Å². The predicted octanol–water partition coefficient (Wildman–Crippen LogP) is 6.73. The smallest absolute Gasteiger partial charge is 0.333 e. The van der Waals surface area contributed by atoms with E-state index < -0.39 is 12.1 Å². The third kappa shape index (κ3) is 11.3. The largest absolute Gasteiger partial charge is 0.492 e. The number of urea groups is 1. The molecule has 204 valence electrons. The minimum atomic E-state index is -0.967. The fraction of sp³-hybridized carbons (Fsp3) is 0.533. The van der Waals surface area contributed by atoms with Crippen molar-refractivity contribution in [2.45, 2.75) is 78.2 Å². The summed E-state index contributed by atoms with van der Waals surface area (Å²) in [5.41, 5.74) is 2.89. The number of unbranched alkanes of at least 4 members (excludes halogenated alkanes) is 4. The molecule has 0 aliphatic carbocycles. The first-order chi connectivity index (χ1) is 17.8. The maximum absolute atomic E-state index is 13.0. The summed E-state index contributed by atoms with van der Waals surface area (Å²) in [6, 6.07) is 15.2. The Morgan fingerprint density at radius 2 is 1.59 bits per heavy atom. The SMILES string of the molecule is CCCCCCCN(CCOc1ccc(CC(OCC)C(=O)O)cc1)C(=O)Nc1ccc(C(C)C)cc1. The summed E-state index contributed by atoms with van der Waals surface area (Å²) in [5.74, 6) is 0.157. The third-order valence-electron chi connectivity index (χ3n) is 6.27. The van der Waals surface area contributed by atoms with Crippen LogP contribution in [-0.4, -0.2) is 54.4 Å². The molecule has 7 nitrogen and oxygen atoms in total. The van der Waals surface area contributed by atoms with Crippen LogP contribution in [0.3, 0.4) is 0 Å². The molecule has 0 saturated heterocycles. The molecule has 0 bridgehead atoms. The van der Waals surface area contributed by atoms with E-state index in [0.29, 0.717) is 44.4 Å². The van der Waals surface area contributed by atoms with Crippen LogP contribution in [-0.2, 0) is 16.0 Å². The van der Waals surface area contributed by atoms with E-state index in [1.807, 2.05) is 41.3 Å². The van der Waals surface area contributed by atoms with Crippen LogP contribution in [0.2, 0.25) is 0 Å². The van der Waals surface area contributed by atoms with Gasteiger partial charge in [0.25, 0.3) is 0 Å². The van der Waals surface area contributed by atoms with E-state index in [1.54, 1.807) is 6.92 Å². The molecular formula is C30H44N2O5. The zero-order valence-electron chi connectivity index (χ0n) is 22.9. The molecular weight excluding hydrogens is 468 g/mol. The van der Waals surface area contributed by atoms with Crippen LogP contribution in [0.1, 0.15) is 76.8 Å². The average molecular weight is 513 g/mol. The Balaban J connectivity index is 1.92. The van der Waals surface area contributed by atoms with E-state index in [-0.39, 0.29) is 6.03 Å². The van der Waals surface area contributed by atoms with Gasteiger partial charge in [-0.3, -0.25) is 0 Å². The van der Waals surface area contributed by atoms with Gasteiger partial charge >= 0.3 is 12.0 Å². The van der Waals surface area contributed by atoms with Crippen molar-refractivity contribution >= 4 is 17.7 Å². The van der Waals surface area contributed by atoms with E-state index >= 15 is 0 Å².